The quantitative estimate of drug-likeness (QED) is 0.299. The number of amides is 2. The van der Waals surface area contributed by atoms with Crippen LogP contribution in [0.1, 0.15) is 43.9 Å². The van der Waals surface area contributed by atoms with Gasteiger partial charge in [-0.3, -0.25) is 13.9 Å². The van der Waals surface area contributed by atoms with Crippen molar-refractivity contribution in [1.29, 1.82) is 0 Å². The van der Waals surface area contributed by atoms with Crippen LogP contribution in [0.3, 0.4) is 0 Å². The standard InChI is InChI=1S/C31H38ClN3O4S/c1-5-23(3)33-31(37)29(20-25-12-8-7-9-13-25)34(21-26-14-10-11-15-28(26)32)30(36)22-35(40(4,38)39)27-18-16-24(6-2)17-19-27/h7-19,23,29H,5-6,20-22H2,1-4H3,(H,33,37)/t23-,29-/m1/s1. The van der Waals surface area contributed by atoms with Crippen LogP contribution >= 0.6 is 11.6 Å². The Balaban J connectivity index is 2.06. The third-order valence-electron chi connectivity index (χ3n) is 6.88. The maximum atomic E-state index is 14.1. The zero-order chi connectivity index (χ0) is 29.3. The Morgan fingerprint density at radius 2 is 1.52 bits per heavy atom. The van der Waals surface area contributed by atoms with E-state index in [4.69, 9.17) is 11.6 Å². The molecule has 1 N–H and O–H groups in total. The summed E-state index contributed by atoms with van der Waals surface area (Å²) < 4.78 is 26.9. The molecule has 2 atom stereocenters. The van der Waals surface area contributed by atoms with Crippen molar-refractivity contribution in [3.05, 3.63) is 101 Å². The van der Waals surface area contributed by atoms with Crippen molar-refractivity contribution in [3.8, 4) is 0 Å². The Hall–Kier alpha value is -3.36. The lowest BCUT2D eigenvalue weighted by molar-refractivity contribution is -0.140. The fourth-order valence-electron chi connectivity index (χ4n) is 4.32. The van der Waals surface area contributed by atoms with Gasteiger partial charge in [-0.05, 0) is 54.7 Å². The number of hydrogen-bond donors (Lipinski definition) is 1. The Kier molecular flexibility index (Phi) is 11.2. The molecule has 0 spiro atoms. The van der Waals surface area contributed by atoms with E-state index in [1.54, 1.807) is 30.3 Å². The van der Waals surface area contributed by atoms with E-state index in [9.17, 15) is 18.0 Å². The normalized spacial score (nSPS) is 12.8. The van der Waals surface area contributed by atoms with E-state index in [0.717, 1.165) is 34.5 Å². The molecular formula is C31H38ClN3O4S. The van der Waals surface area contributed by atoms with Gasteiger partial charge >= 0.3 is 0 Å². The molecule has 0 bridgehead atoms. The van der Waals surface area contributed by atoms with Gasteiger partial charge in [-0.1, -0.05) is 86.1 Å². The highest BCUT2D eigenvalue weighted by molar-refractivity contribution is 7.92. The summed E-state index contributed by atoms with van der Waals surface area (Å²) >= 11 is 6.48. The molecule has 9 heteroatoms. The van der Waals surface area contributed by atoms with E-state index < -0.39 is 28.5 Å². The molecule has 0 radical (unpaired) electrons. The van der Waals surface area contributed by atoms with Crippen LogP contribution in [0, 0.1) is 0 Å². The van der Waals surface area contributed by atoms with Crippen LogP contribution in [0.2, 0.25) is 5.02 Å². The van der Waals surface area contributed by atoms with Crippen molar-refractivity contribution >= 4 is 39.1 Å². The third kappa shape index (κ3) is 8.57. The van der Waals surface area contributed by atoms with Gasteiger partial charge in [-0.15, -0.1) is 0 Å². The van der Waals surface area contributed by atoms with Crippen molar-refractivity contribution < 1.29 is 18.0 Å². The van der Waals surface area contributed by atoms with Gasteiger partial charge in [0.25, 0.3) is 0 Å². The molecule has 0 aromatic heterocycles. The van der Waals surface area contributed by atoms with Crippen molar-refractivity contribution in [2.45, 2.75) is 58.7 Å². The van der Waals surface area contributed by atoms with Crippen LogP contribution in [0.25, 0.3) is 0 Å². The first-order valence-corrected chi connectivity index (χ1v) is 15.7. The maximum Gasteiger partial charge on any atom is 0.244 e. The number of anilines is 1. The summed E-state index contributed by atoms with van der Waals surface area (Å²) in [5.41, 5.74) is 2.96. The molecule has 3 aromatic carbocycles. The highest BCUT2D eigenvalue weighted by Crippen LogP contribution is 2.23. The molecule has 0 saturated heterocycles. The Morgan fingerprint density at radius 1 is 0.900 bits per heavy atom. The number of sulfonamides is 1. The fourth-order valence-corrected chi connectivity index (χ4v) is 5.36. The first-order valence-electron chi connectivity index (χ1n) is 13.5. The molecule has 2 amide bonds. The minimum atomic E-state index is -3.82. The van der Waals surface area contributed by atoms with Gasteiger partial charge < -0.3 is 10.2 Å². The van der Waals surface area contributed by atoms with Gasteiger partial charge in [-0.25, -0.2) is 8.42 Å². The van der Waals surface area contributed by atoms with E-state index in [1.165, 1.54) is 4.90 Å². The smallest absolute Gasteiger partial charge is 0.244 e. The van der Waals surface area contributed by atoms with Crippen LogP contribution in [-0.2, 0) is 39.0 Å². The van der Waals surface area contributed by atoms with E-state index in [1.807, 2.05) is 69.3 Å². The fraction of sp³-hybridized carbons (Fsp3) is 0.355. The molecule has 3 rings (SSSR count). The van der Waals surface area contributed by atoms with Gasteiger partial charge in [0.2, 0.25) is 21.8 Å². The highest BCUT2D eigenvalue weighted by atomic mass is 35.5. The van der Waals surface area contributed by atoms with E-state index in [2.05, 4.69) is 5.32 Å². The SMILES string of the molecule is CCc1ccc(N(CC(=O)N(Cc2ccccc2Cl)[C@H](Cc2ccccc2)C(=O)N[C@H](C)CC)S(C)(=O)=O)cc1. The zero-order valence-electron chi connectivity index (χ0n) is 23.5. The highest BCUT2D eigenvalue weighted by Gasteiger charge is 2.33. The first kappa shape index (κ1) is 31.2. The number of hydrogen-bond acceptors (Lipinski definition) is 4. The minimum absolute atomic E-state index is 0.0380. The van der Waals surface area contributed by atoms with Gasteiger partial charge in [0, 0.05) is 24.0 Å². The maximum absolute atomic E-state index is 14.1. The molecule has 7 nitrogen and oxygen atoms in total. The average Bonchev–Trinajstić information content (AvgIpc) is 2.94. The van der Waals surface area contributed by atoms with Gasteiger partial charge in [-0.2, -0.15) is 0 Å². The second kappa shape index (κ2) is 14.3. The number of carbonyl (C=O) groups is 2. The molecule has 40 heavy (non-hydrogen) atoms. The van der Waals surface area contributed by atoms with E-state index >= 15 is 0 Å². The van der Waals surface area contributed by atoms with Crippen molar-refractivity contribution in [2.75, 3.05) is 17.1 Å². The lowest BCUT2D eigenvalue weighted by atomic mass is 10.0. The number of nitrogens with zero attached hydrogens (tertiary/aromatic N) is 2. The second-order valence-electron chi connectivity index (χ2n) is 9.93. The average molecular weight is 584 g/mol. The van der Waals surface area contributed by atoms with Crippen molar-refractivity contribution in [3.63, 3.8) is 0 Å². The molecule has 0 aliphatic heterocycles. The largest absolute Gasteiger partial charge is 0.352 e. The van der Waals surface area contributed by atoms with Crippen LogP contribution in [0.5, 0.6) is 0 Å². The van der Waals surface area contributed by atoms with Gasteiger partial charge in [0.15, 0.2) is 0 Å². The predicted molar refractivity (Wildman–Crippen MR) is 162 cm³/mol. The number of carbonyl (C=O) groups excluding carboxylic acids is 2. The minimum Gasteiger partial charge on any atom is -0.352 e. The molecule has 0 aliphatic carbocycles. The summed E-state index contributed by atoms with van der Waals surface area (Å²) in [6.45, 7) is 5.46. The van der Waals surface area contributed by atoms with Crippen LogP contribution < -0.4 is 9.62 Å². The summed E-state index contributed by atoms with van der Waals surface area (Å²) in [5, 5.41) is 3.47. The number of nitrogens with one attached hydrogen (secondary N) is 1. The molecular weight excluding hydrogens is 546 g/mol. The number of aryl methyl sites for hydroxylation is 1. The molecule has 0 saturated carbocycles. The Morgan fingerprint density at radius 3 is 2.10 bits per heavy atom. The molecule has 0 unspecified atom stereocenters. The zero-order valence-corrected chi connectivity index (χ0v) is 25.1. The molecule has 0 heterocycles. The number of rotatable bonds is 13. The van der Waals surface area contributed by atoms with Crippen molar-refractivity contribution in [2.24, 2.45) is 0 Å². The van der Waals surface area contributed by atoms with E-state index in [-0.39, 0.29) is 24.9 Å². The van der Waals surface area contributed by atoms with Gasteiger partial charge in [0.05, 0.1) is 11.9 Å². The summed E-state index contributed by atoms with van der Waals surface area (Å²) in [7, 11) is -3.82. The summed E-state index contributed by atoms with van der Waals surface area (Å²) in [5.74, 6) is -0.818. The molecule has 0 aliphatic rings. The Bertz CT molecular complexity index is 1380. The Labute approximate surface area is 243 Å². The summed E-state index contributed by atoms with van der Waals surface area (Å²) in [6.07, 6.45) is 2.85. The summed E-state index contributed by atoms with van der Waals surface area (Å²) in [6, 6.07) is 22.7. The first-order chi connectivity index (χ1) is 19.0. The lowest BCUT2D eigenvalue weighted by Crippen LogP contribution is -2.54. The monoisotopic (exact) mass is 583 g/mol. The number of halogens is 1. The van der Waals surface area contributed by atoms with Crippen LogP contribution in [0.15, 0.2) is 78.9 Å². The van der Waals surface area contributed by atoms with Crippen LogP contribution in [0.4, 0.5) is 5.69 Å². The van der Waals surface area contributed by atoms with Crippen molar-refractivity contribution in [1.82, 2.24) is 10.2 Å². The summed E-state index contributed by atoms with van der Waals surface area (Å²) in [4.78, 5) is 29.2. The van der Waals surface area contributed by atoms with Gasteiger partial charge in [0.1, 0.15) is 12.6 Å². The van der Waals surface area contributed by atoms with E-state index in [0.29, 0.717) is 16.3 Å². The molecule has 3 aromatic rings. The number of benzene rings is 3. The molecule has 0 fully saturated rings. The third-order valence-corrected chi connectivity index (χ3v) is 8.39. The predicted octanol–water partition coefficient (Wildman–Crippen LogP) is 5.22. The van der Waals surface area contributed by atoms with Crippen LogP contribution in [-0.4, -0.2) is 50.0 Å². The lowest BCUT2D eigenvalue weighted by Gasteiger charge is -2.34. The molecule has 214 valence electrons. The topological polar surface area (TPSA) is 86.8 Å². The second-order valence-corrected chi connectivity index (χ2v) is 12.2.